The number of ether oxygens (including phenoxy) is 4. The molecular weight excluding hydrogens is 717 g/mol. The fourth-order valence-corrected chi connectivity index (χ4v) is 15.6. The first-order chi connectivity index (χ1) is 27.2. The lowest BCUT2D eigenvalue weighted by Crippen LogP contribution is -2.57. The molecule has 8 nitrogen and oxygen atoms in total. The van der Waals surface area contributed by atoms with Crippen molar-refractivity contribution in [2.24, 2.45) is 82.3 Å². The van der Waals surface area contributed by atoms with Gasteiger partial charge in [0.15, 0.2) is 0 Å². The van der Waals surface area contributed by atoms with Crippen molar-refractivity contribution in [1.29, 1.82) is 0 Å². The average Bonchev–Trinajstić information content (AvgIpc) is 4.01. The van der Waals surface area contributed by atoms with Crippen LogP contribution in [0.2, 0.25) is 0 Å². The predicted octanol–water partition coefficient (Wildman–Crippen LogP) is 9.73. The maximum absolute atomic E-state index is 12.9. The van der Waals surface area contributed by atoms with E-state index in [4.69, 9.17) is 18.9 Å². The summed E-state index contributed by atoms with van der Waals surface area (Å²) in [5.74, 6) is 6.97. The first-order valence-electron chi connectivity index (χ1n) is 23.4. The van der Waals surface area contributed by atoms with Crippen LogP contribution in [0.1, 0.15) is 150 Å². The van der Waals surface area contributed by atoms with E-state index in [0.29, 0.717) is 35.5 Å². The number of allylic oxidation sites excluding steroid dienone is 4. The molecule has 0 aromatic carbocycles. The normalized spacial score (nSPS) is 42.7. The van der Waals surface area contributed by atoms with E-state index in [1.54, 1.807) is 0 Å². The van der Waals surface area contributed by atoms with E-state index in [0.717, 1.165) is 81.0 Å². The molecule has 57 heavy (non-hydrogen) atoms. The van der Waals surface area contributed by atoms with Crippen LogP contribution in [-0.2, 0) is 38.1 Å². The third kappa shape index (κ3) is 7.46. The van der Waals surface area contributed by atoms with Crippen molar-refractivity contribution < 1.29 is 38.1 Å². The number of esters is 4. The van der Waals surface area contributed by atoms with Crippen molar-refractivity contribution in [2.75, 3.05) is 0 Å². The summed E-state index contributed by atoms with van der Waals surface area (Å²) in [6, 6.07) is 0. The third-order valence-electron chi connectivity index (χ3n) is 17.9. The Bertz CT molecular complexity index is 1600. The Morgan fingerprint density at radius 1 is 0.667 bits per heavy atom. The van der Waals surface area contributed by atoms with Gasteiger partial charge >= 0.3 is 23.9 Å². The van der Waals surface area contributed by atoms with Gasteiger partial charge in [0.2, 0.25) is 0 Å². The van der Waals surface area contributed by atoms with E-state index in [2.05, 4.69) is 45.1 Å². The van der Waals surface area contributed by atoms with E-state index in [1.165, 1.54) is 51.4 Å². The summed E-state index contributed by atoms with van der Waals surface area (Å²) in [6.07, 6.45) is 27.1. The van der Waals surface area contributed by atoms with E-state index in [1.807, 2.05) is 13.8 Å². The molecule has 0 aliphatic heterocycles. The molecule has 0 saturated heterocycles. The number of carbonyl (C=O) groups is 4. The number of hydrogen-bond donors (Lipinski definition) is 0. The van der Waals surface area contributed by atoms with E-state index in [-0.39, 0.29) is 59.6 Å². The maximum atomic E-state index is 12.9. The number of fused-ring (bicyclic) bond motifs is 11. The van der Waals surface area contributed by atoms with Crippen LogP contribution in [0, 0.1) is 82.3 Å². The zero-order valence-electron chi connectivity index (χ0n) is 35.5. The molecule has 11 aliphatic carbocycles. The molecule has 0 radical (unpaired) electrons. The van der Waals surface area contributed by atoms with Crippen molar-refractivity contribution in [3.05, 3.63) is 24.3 Å². The lowest BCUT2D eigenvalue weighted by atomic mass is 9.46. The number of carbonyl (C=O) groups excluding carboxylic acids is 4. The predicted molar refractivity (Wildman–Crippen MR) is 215 cm³/mol. The smallest absolute Gasteiger partial charge is 0.310 e. The van der Waals surface area contributed by atoms with E-state index < -0.39 is 17.8 Å². The third-order valence-corrected chi connectivity index (χ3v) is 17.9. The monoisotopic (exact) mass is 787 g/mol. The van der Waals surface area contributed by atoms with Crippen molar-refractivity contribution in [1.82, 2.24) is 0 Å². The van der Waals surface area contributed by atoms with Gasteiger partial charge in [-0.1, -0.05) is 31.2 Å². The van der Waals surface area contributed by atoms with Gasteiger partial charge in [-0.25, -0.2) is 0 Å². The second-order valence-corrected chi connectivity index (χ2v) is 21.8. The van der Waals surface area contributed by atoms with Crippen molar-refractivity contribution in [3.8, 4) is 0 Å². The summed E-state index contributed by atoms with van der Waals surface area (Å²) in [4.78, 5) is 50.6. The molecule has 11 rings (SSSR count). The molecule has 314 valence electrons. The van der Waals surface area contributed by atoms with Gasteiger partial charge in [0, 0.05) is 5.41 Å². The van der Waals surface area contributed by atoms with Gasteiger partial charge in [0.05, 0.1) is 24.7 Å². The summed E-state index contributed by atoms with van der Waals surface area (Å²) >= 11 is 0. The summed E-state index contributed by atoms with van der Waals surface area (Å²) in [7, 11) is 0. The molecule has 12 unspecified atom stereocenters. The average molecular weight is 787 g/mol. The fourth-order valence-electron chi connectivity index (χ4n) is 15.6. The van der Waals surface area contributed by atoms with E-state index >= 15 is 0 Å². The lowest BCUT2D eigenvalue weighted by Gasteiger charge is -2.61. The minimum atomic E-state index is -0.445. The van der Waals surface area contributed by atoms with Crippen LogP contribution in [0.5, 0.6) is 0 Å². The summed E-state index contributed by atoms with van der Waals surface area (Å²) < 4.78 is 23.3. The Kier molecular flexibility index (Phi) is 10.6. The fraction of sp³-hybridized carbons (Fsp3) is 0.837. The Balaban J connectivity index is 0.000000148. The molecule has 10 bridgehead atoms. The Morgan fingerprint density at radius 2 is 1.25 bits per heavy atom. The maximum Gasteiger partial charge on any atom is 0.310 e. The van der Waals surface area contributed by atoms with Crippen LogP contribution in [-0.4, -0.2) is 47.3 Å². The zero-order chi connectivity index (χ0) is 39.9. The van der Waals surface area contributed by atoms with Crippen LogP contribution >= 0.6 is 0 Å². The highest BCUT2D eigenvalue weighted by atomic mass is 16.6. The van der Waals surface area contributed by atoms with Crippen LogP contribution in [0.3, 0.4) is 0 Å². The molecule has 9 saturated carbocycles. The van der Waals surface area contributed by atoms with Crippen molar-refractivity contribution in [2.45, 2.75) is 174 Å². The standard InChI is InChI=1S/C25H36O4.C24H34O4/c1-15(28-23(27)21-11-16-4-5-20(21)10-16)6-22(26)29-24(2,3)25-12-17-7-18(13-25)9-19(8-17)14-25;1-3-24(8-4-5-9-24)28-20(25)10-14(2)27-23(26)19-13-17-12-18(19)22-16-7-6-15(11-16)21(17)22/h4-5,15-21H,6-14H2,1-3H3;6-7,14-19,21-22H,3-5,8-13H2,1-2H3. The van der Waals surface area contributed by atoms with E-state index in [9.17, 15) is 19.2 Å². The van der Waals surface area contributed by atoms with Crippen LogP contribution < -0.4 is 0 Å². The minimum Gasteiger partial charge on any atom is -0.462 e. The van der Waals surface area contributed by atoms with Crippen molar-refractivity contribution in [3.63, 3.8) is 0 Å². The highest BCUT2D eigenvalue weighted by Gasteiger charge is 2.63. The highest BCUT2D eigenvalue weighted by molar-refractivity contribution is 5.76. The molecule has 0 N–H and O–H groups in total. The molecule has 12 atom stereocenters. The molecular formula is C49H70O8. The highest BCUT2D eigenvalue weighted by Crippen LogP contribution is 2.67. The second kappa shape index (κ2) is 15.1. The van der Waals surface area contributed by atoms with Gasteiger partial charge in [-0.2, -0.15) is 0 Å². The van der Waals surface area contributed by atoms with Gasteiger partial charge in [-0.3, -0.25) is 19.2 Å². The molecule has 0 heterocycles. The van der Waals surface area contributed by atoms with Gasteiger partial charge < -0.3 is 18.9 Å². The summed E-state index contributed by atoms with van der Waals surface area (Å²) in [5, 5.41) is 0. The van der Waals surface area contributed by atoms with Crippen LogP contribution in [0.15, 0.2) is 24.3 Å². The quantitative estimate of drug-likeness (QED) is 0.0834. The van der Waals surface area contributed by atoms with Crippen LogP contribution in [0.25, 0.3) is 0 Å². The van der Waals surface area contributed by atoms with Gasteiger partial charge in [0.25, 0.3) is 0 Å². The second-order valence-electron chi connectivity index (χ2n) is 21.8. The summed E-state index contributed by atoms with van der Waals surface area (Å²) in [6.45, 7) is 9.99. The van der Waals surface area contributed by atoms with Crippen LogP contribution in [0.4, 0.5) is 0 Å². The molecule has 0 aromatic rings. The lowest BCUT2D eigenvalue weighted by molar-refractivity contribution is -0.200. The molecule has 0 amide bonds. The molecule has 8 heteroatoms. The minimum absolute atomic E-state index is 0.0214. The largest absolute Gasteiger partial charge is 0.462 e. The van der Waals surface area contributed by atoms with Gasteiger partial charge in [-0.15, -0.1) is 0 Å². The topological polar surface area (TPSA) is 105 Å². The first kappa shape index (κ1) is 39.8. The molecule has 9 fully saturated rings. The Labute approximate surface area is 341 Å². The van der Waals surface area contributed by atoms with Gasteiger partial charge in [0.1, 0.15) is 23.4 Å². The van der Waals surface area contributed by atoms with Gasteiger partial charge in [-0.05, 0) is 196 Å². The molecule has 0 spiro atoms. The first-order valence-corrected chi connectivity index (χ1v) is 23.4. The number of rotatable bonds is 12. The number of hydrogen-bond acceptors (Lipinski definition) is 8. The Morgan fingerprint density at radius 3 is 1.82 bits per heavy atom. The Hall–Kier alpha value is -2.64. The molecule has 11 aliphatic rings. The molecule has 0 aromatic heterocycles. The SMILES string of the molecule is CC(CC(=O)OC(C)(C)C12CC3CC(CC(C3)C1)C2)OC(=O)C1CC2C=CC1C2.CCC1(OC(=O)CC(C)OC(=O)C2CC3CC2C2C4C=CC(C4)C32)CCCC1. The summed E-state index contributed by atoms with van der Waals surface area (Å²) in [5.41, 5.74) is -0.568. The zero-order valence-corrected chi connectivity index (χ0v) is 35.5. The van der Waals surface area contributed by atoms with Crippen molar-refractivity contribution >= 4 is 23.9 Å².